The molecule has 0 aliphatic carbocycles. The Morgan fingerprint density at radius 3 is 2.33 bits per heavy atom. The van der Waals surface area contributed by atoms with Crippen LogP contribution in [0.4, 0.5) is 21.9 Å². The molecule has 0 radical (unpaired) electrons. The SMILES string of the molecule is CCSC(NC(=O)Nc1ccc(NC=O)cc1)N(C=O)c1cc(C)ccc1C(C)C. The first-order valence-electron chi connectivity index (χ1n) is 9.73. The van der Waals surface area contributed by atoms with Gasteiger partial charge in [-0.3, -0.25) is 14.5 Å². The van der Waals surface area contributed by atoms with Crippen LogP contribution >= 0.6 is 11.8 Å². The van der Waals surface area contributed by atoms with Gasteiger partial charge in [0.2, 0.25) is 12.8 Å². The van der Waals surface area contributed by atoms with Crippen LogP contribution < -0.4 is 20.9 Å². The molecule has 160 valence electrons. The number of carbonyl (C=O) groups is 3. The van der Waals surface area contributed by atoms with Crippen LogP contribution in [0.1, 0.15) is 37.8 Å². The van der Waals surface area contributed by atoms with E-state index in [1.165, 1.54) is 11.8 Å². The van der Waals surface area contributed by atoms with Crippen LogP contribution in [-0.2, 0) is 9.59 Å². The fourth-order valence-corrected chi connectivity index (χ4v) is 3.78. The van der Waals surface area contributed by atoms with Crippen molar-refractivity contribution >= 4 is 47.7 Å². The van der Waals surface area contributed by atoms with Gasteiger partial charge in [0.05, 0.1) is 5.69 Å². The van der Waals surface area contributed by atoms with Crippen molar-refractivity contribution < 1.29 is 14.4 Å². The van der Waals surface area contributed by atoms with Gasteiger partial charge in [-0.2, -0.15) is 0 Å². The number of nitrogens with one attached hydrogen (secondary N) is 3. The summed E-state index contributed by atoms with van der Waals surface area (Å²) in [6.45, 7) is 8.09. The number of aryl methyl sites for hydroxylation is 1. The average molecular weight is 429 g/mol. The highest BCUT2D eigenvalue weighted by molar-refractivity contribution is 7.99. The van der Waals surface area contributed by atoms with Gasteiger partial charge < -0.3 is 16.0 Å². The van der Waals surface area contributed by atoms with Crippen molar-refractivity contribution in [3.05, 3.63) is 53.6 Å². The Kier molecular flexibility index (Phi) is 8.73. The lowest BCUT2D eigenvalue weighted by molar-refractivity contribution is -0.107. The summed E-state index contributed by atoms with van der Waals surface area (Å²) in [6, 6.07) is 12.3. The number of hydrogen-bond donors (Lipinski definition) is 3. The van der Waals surface area contributed by atoms with Crippen molar-refractivity contribution in [1.82, 2.24) is 5.32 Å². The molecule has 0 heterocycles. The van der Waals surface area contributed by atoms with Crippen molar-refractivity contribution in [1.29, 1.82) is 0 Å². The van der Waals surface area contributed by atoms with Gasteiger partial charge >= 0.3 is 6.03 Å². The molecular formula is C22H28N4O3S. The molecule has 0 bridgehead atoms. The van der Waals surface area contributed by atoms with E-state index in [2.05, 4.69) is 29.8 Å². The molecular weight excluding hydrogens is 400 g/mol. The summed E-state index contributed by atoms with van der Waals surface area (Å²) in [5, 5.41) is 8.17. The van der Waals surface area contributed by atoms with E-state index in [0.29, 0.717) is 23.5 Å². The number of anilines is 3. The van der Waals surface area contributed by atoms with Crippen LogP contribution in [0.15, 0.2) is 42.5 Å². The lowest BCUT2D eigenvalue weighted by Gasteiger charge is -2.31. The van der Waals surface area contributed by atoms with Crippen molar-refractivity contribution in [2.45, 2.75) is 39.1 Å². The van der Waals surface area contributed by atoms with Crippen LogP contribution in [0.25, 0.3) is 0 Å². The molecule has 0 aliphatic rings. The Morgan fingerprint density at radius 1 is 1.10 bits per heavy atom. The molecule has 0 aromatic heterocycles. The largest absolute Gasteiger partial charge is 0.329 e. The van der Waals surface area contributed by atoms with Crippen molar-refractivity contribution in [2.24, 2.45) is 0 Å². The minimum absolute atomic E-state index is 0.225. The zero-order valence-corrected chi connectivity index (χ0v) is 18.5. The van der Waals surface area contributed by atoms with Crippen LogP contribution in [0.5, 0.6) is 0 Å². The molecule has 1 unspecified atom stereocenters. The van der Waals surface area contributed by atoms with Crippen LogP contribution in [-0.4, -0.2) is 30.1 Å². The maximum Gasteiger partial charge on any atom is 0.321 e. The monoisotopic (exact) mass is 428 g/mol. The van der Waals surface area contributed by atoms with Crippen LogP contribution in [0.3, 0.4) is 0 Å². The fourth-order valence-electron chi connectivity index (χ4n) is 2.95. The van der Waals surface area contributed by atoms with Crippen molar-refractivity contribution in [2.75, 3.05) is 21.3 Å². The summed E-state index contributed by atoms with van der Waals surface area (Å²) in [7, 11) is 0. The highest BCUT2D eigenvalue weighted by atomic mass is 32.2. The number of rotatable bonds is 10. The predicted octanol–water partition coefficient (Wildman–Crippen LogP) is 4.51. The predicted molar refractivity (Wildman–Crippen MR) is 124 cm³/mol. The maximum absolute atomic E-state index is 12.6. The second-order valence-corrected chi connectivity index (χ2v) is 8.33. The van der Waals surface area contributed by atoms with E-state index >= 15 is 0 Å². The summed E-state index contributed by atoms with van der Waals surface area (Å²) in [5.41, 5.74) is 3.49. The van der Waals surface area contributed by atoms with E-state index in [9.17, 15) is 14.4 Å². The molecule has 8 heteroatoms. The lowest BCUT2D eigenvalue weighted by Crippen LogP contribution is -2.47. The summed E-state index contributed by atoms with van der Waals surface area (Å²) in [4.78, 5) is 36.7. The molecule has 30 heavy (non-hydrogen) atoms. The molecule has 3 N–H and O–H groups in total. The van der Waals surface area contributed by atoms with E-state index < -0.39 is 11.5 Å². The zero-order valence-electron chi connectivity index (χ0n) is 17.6. The summed E-state index contributed by atoms with van der Waals surface area (Å²) in [5.74, 6) is 0.937. The number of urea groups is 1. The summed E-state index contributed by atoms with van der Waals surface area (Å²) < 4.78 is 0. The number of amides is 4. The number of thioether (sulfide) groups is 1. The van der Waals surface area contributed by atoms with E-state index in [4.69, 9.17) is 0 Å². The summed E-state index contributed by atoms with van der Waals surface area (Å²) >= 11 is 1.45. The summed E-state index contributed by atoms with van der Waals surface area (Å²) in [6.07, 6.45) is 1.35. The van der Waals surface area contributed by atoms with E-state index in [1.54, 1.807) is 29.2 Å². The molecule has 2 aromatic carbocycles. The first kappa shape index (κ1) is 23.3. The molecule has 2 rings (SSSR count). The normalized spacial score (nSPS) is 11.5. The van der Waals surface area contributed by atoms with Crippen molar-refractivity contribution in [3.63, 3.8) is 0 Å². The Morgan fingerprint density at radius 2 is 1.77 bits per heavy atom. The Hall–Kier alpha value is -3.00. The van der Waals surface area contributed by atoms with Gasteiger partial charge in [-0.1, -0.05) is 32.9 Å². The first-order chi connectivity index (χ1) is 14.4. The minimum atomic E-state index is -0.567. The quantitative estimate of drug-likeness (QED) is 0.384. The van der Waals surface area contributed by atoms with Gasteiger partial charge in [0.15, 0.2) is 5.50 Å². The maximum atomic E-state index is 12.6. The molecule has 0 spiro atoms. The van der Waals surface area contributed by atoms with Gasteiger partial charge in [0, 0.05) is 11.4 Å². The van der Waals surface area contributed by atoms with E-state index in [1.807, 2.05) is 32.0 Å². The Labute approximate surface area is 181 Å². The van der Waals surface area contributed by atoms with Gasteiger partial charge in [-0.25, -0.2) is 4.79 Å². The average Bonchev–Trinajstić information content (AvgIpc) is 2.70. The zero-order chi connectivity index (χ0) is 22.1. The molecule has 0 aliphatic heterocycles. The van der Waals surface area contributed by atoms with Gasteiger partial charge in [-0.05, 0) is 60.1 Å². The van der Waals surface area contributed by atoms with E-state index in [-0.39, 0.29) is 5.92 Å². The van der Waals surface area contributed by atoms with Crippen LogP contribution in [0.2, 0.25) is 0 Å². The number of carbonyl (C=O) groups excluding carboxylic acids is 3. The molecule has 0 saturated carbocycles. The number of benzene rings is 2. The van der Waals surface area contributed by atoms with Gasteiger partial charge in [0.25, 0.3) is 0 Å². The van der Waals surface area contributed by atoms with Gasteiger partial charge in [-0.15, -0.1) is 11.8 Å². The Bertz CT molecular complexity index is 871. The molecule has 0 fully saturated rings. The molecule has 0 saturated heterocycles. The Balaban J connectivity index is 2.20. The lowest BCUT2D eigenvalue weighted by atomic mass is 9.99. The highest BCUT2D eigenvalue weighted by Crippen LogP contribution is 2.31. The highest BCUT2D eigenvalue weighted by Gasteiger charge is 2.24. The molecule has 4 amide bonds. The standard InChI is InChI=1S/C22H28N4O3S/c1-5-30-22(25-21(29)24-18-9-7-17(8-10-18)23-13-27)26(14-28)20-12-16(4)6-11-19(20)15(2)3/h6-15,22H,5H2,1-4H3,(H,23,27)(H2,24,25,29). The third-order valence-corrected chi connectivity index (χ3v) is 5.39. The van der Waals surface area contributed by atoms with E-state index in [0.717, 1.165) is 23.2 Å². The second-order valence-electron chi connectivity index (χ2n) is 6.98. The molecule has 2 aromatic rings. The fraction of sp³-hybridized carbons (Fsp3) is 0.318. The second kappa shape index (κ2) is 11.3. The third-order valence-electron chi connectivity index (χ3n) is 4.40. The number of hydrogen-bond acceptors (Lipinski definition) is 4. The third kappa shape index (κ3) is 6.25. The molecule has 7 nitrogen and oxygen atoms in total. The minimum Gasteiger partial charge on any atom is -0.329 e. The smallest absolute Gasteiger partial charge is 0.321 e. The first-order valence-corrected chi connectivity index (χ1v) is 10.8. The van der Waals surface area contributed by atoms with Crippen molar-refractivity contribution in [3.8, 4) is 0 Å². The molecule has 1 atom stereocenters. The van der Waals surface area contributed by atoms with Crippen LogP contribution in [0, 0.1) is 6.92 Å². The number of nitrogens with zero attached hydrogens (tertiary/aromatic N) is 1. The topological polar surface area (TPSA) is 90.5 Å². The van der Waals surface area contributed by atoms with Gasteiger partial charge in [0.1, 0.15) is 0 Å².